The van der Waals surface area contributed by atoms with Crippen LogP contribution in [0.25, 0.3) is 0 Å². The standard InChI is InChI=1S/C14H18F3NO2/c1-13(2)8-11(18)10-4-3-9(7-12(10)20-13)19-6-5-14(15,16)17/h3-4,7,11H,5-6,8,18H2,1-2H3. The summed E-state index contributed by atoms with van der Waals surface area (Å²) in [7, 11) is 0. The van der Waals surface area contributed by atoms with E-state index in [1.165, 1.54) is 0 Å². The van der Waals surface area contributed by atoms with Crippen LogP contribution in [0.5, 0.6) is 11.5 Å². The lowest BCUT2D eigenvalue weighted by atomic mass is 9.90. The van der Waals surface area contributed by atoms with Gasteiger partial charge in [0.25, 0.3) is 0 Å². The van der Waals surface area contributed by atoms with Crippen molar-refractivity contribution >= 4 is 0 Å². The molecule has 0 bridgehead atoms. The molecule has 1 aromatic rings. The number of alkyl halides is 3. The van der Waals surface area contributed by atoms with Crippen molar-refractivity contribution in [2.45, 2.75) is 44.5 Å². The summed E-state index contributed by atoms with van der Waals surface area (Å²) in [5.74, 6) is 0.941. The molecule has 6 heteroatoms. The first-order valence-electron chi connectivity index (χ1n) is 6.44. The van der Waals surface area contributed by atoms with E-state index in [2.05, 4.69) is 0 Å². The van der Waals surface area contributed by atoms with Crippen molar-refractivity contribution in [3.8, 4) is 11.5 Å². The van der Waals surface area contributed by atoms with Gasteiger partial charge in [-0.25, -0.2) is 0 Å². The molecule has 3 nitrogen and oxygen atoms in total. The second-order valence-corrected chi connectivity index (χ2v) is 5.59. The molecule has 2 rings (SSSR count). The summed E-state index contributed by atoms with van der Waals surface area (Å²) >= 11 is 0. The molecular weight excluding hydrogens is 271 g/mol. The van der Waals surface area contributed by atoms with Crippen molar-refractivity contribution in [2.75, 3.05) is 6.61 Å². The van der Waals surface area contributed by atoms with Gasteiger partial charge in [-0.3, -0.25) is 0 Å². The van der Waals surface area contributed by atoms with Gasteiger partial charge in [0.05, 0.1) is 13.0 Å². The smallest absolute Gasteiger partial charge is 0.392 e. The van der Waals surface area contributed by atoms with Crippen molar-refractivity contribution in [3.63, 3.8) is 0 Å². The van der Waals surface area contributed by atoms with Crippen LogP contribution in [-0.2, 0) is 0 Å². The molecule has 0 radical (unpaired) electrons. The Morgan fingerprint density at radius 3 is 2.75 bits per heavy atom. The first-order chi connectivity index (χ1) is 9.16. The van der Waals surface area contributed by atoms with Gasteiger partial charge in [-0.05, 0) is 19.9 Å². The first-order valence-corrected chi connectivity index (χ1v) is 6.44. The summed E-state index contributed by atoms with van der Waals surface area (Å²) in [6.07, 6.45) is -4.50. The summed E-state index contributed by atoms with van der Waals surface area (Å²) in [4.78, 5) is 0. The zero-order chi connectivity index (χ0) is 15.0. The summed E-state index contributed by atoms with van der Waals surface area (Å²) in [5, 5.41) is 0. The highest BCUT2D eigenvalue weighted by Crippen LogP contribution is 2.40. The van der Waals surface area contributed by atoms with Crippen molar-refractivity contribution in [3.05, 3.63) is 23.8 Å². The van der Waals surface area contributed by atoms with Crippen LogP contribution in [0.15, 0.2) is 18.2 Å². The molecule has 0 aliphatic carbocycles. The molecule has 1 heterocycles. The maximum atomic E-state index is 12.1. The Kier molecular flexibility index (Phi) is 3.86. The van der Waals surface area contributed by atoms with Gasteiger partial charge >= 0.3 is 6.18 Å². The lowest BCUT2D eigenvalue weighted by Gasteiger charge is -2.36. The van der Waals surface area contributed by atoms with Crippen LogP contribution >= 0.6 is 0 Å². The molecule has 20 heavy (non-hydrogen) atoms. The van der Waals surface area contributed by atoms with Crippen molar-refractivity contribution < 1.29 is 22.6 Å². The molecule has 0 saturated carbocycles. The largest absolute Gasteiger partial charge is 0.493 e. The quantitative estimate of drug-likeness (QED) is 0.925. The Morgan fingerprint density at radius 1 is 1.40 bits per heavy atom. The van der Waals surface area contributed by atoms with E-state index in [4.69, 9.17) is 15.2 Å². The maximum Gasteiger partial charge on any atom is 0.392 e. The predicted octanol–water partition coefficient (Wildman–Crippen LogP) is 3.58. The van der Waals surface area contributed by atoms with E-state index in [0.717, 1.165) is 5.56 Å². The van der Waals surface area contributed by atoms with Crippen molar-refractivity contribution in [1.29, 1.82) is 0 Å². The molecule has 0 saturated heterocycles. The Balaban J connectivity index is 2.08. The van der Waals surface area contributed by atoms with E-state index in [1.807, 2.05) is 13.8 Å². The van der Waals surface area contributed by atoms with E-state index < -0.39 is 24.8 Å². The van der Waals surface area contributed by atoms with E-state index in [1.54, 1.807) is 18.2 Å². The average molecular weight is 289 g/mol. The minimum absolute atomic E-state index is 0.141. The number of halogens is 3. The van der Waals surface area contributed by atoms with Crippen LogP contribution < -0.4 is 15.2 Å². The highest BCUT2D eigenvalue weighted by molar-refractivity contribution is 5.44. The molecule has 0 spiro atoms. The number of rotatable bonds is 3. The summed E-state index contributed by atoms with van der Waals surface area (Å²) in [6.45, 7) is 3.44. The van der Waals surface area contributed by atoms with E-state index in [9.17, 15) is 13.2 Å². The Hall–Kier alpha value is -1.43. The van der Waals surface area contributed by atoms with Gasteiger partial charge in [-0.1, -0.05) is 6.07 Å². The van der Waals surface area contributed by atoms with Crippen LogP contribution in [-0.4, -0.2) is 18.4 Å². The third-order valence-corrected chi connectivity index (χ3v) is 3.14. The Bertz CT molecular complexity index is 486. The second kappa shape index (κ2) is 5.16. The highest BCUT2D eigenvalue weighted by Gasteiger charge is 2.32. The topological polar surface area (TPSA) is 44.5 Å². The lowest BCUT2D eigenvalue weighted by Crippen LogP contribution is -2.37. The summed E-state index contributed by atoms with van der Waals surface area (Å²) < 4.78 is 47.1. The van der Waals surface area contributed by atoms with E-state index in [-0.39, 0.29) is 6.04 Å². The van der Waals surface area contributed by atoms with E-state index in [0.29, 0.717) is 17.9 Å². The SMILES string of the molecule is CC1(C)CC(N)c2ccc(OCCC(F)(F)F)cc2O1. The fourth-order valence-corrected chi connectivity index (χ4v) is 2.26. The molecule has 1 aromatic carbocycles. The summed E-state index contributed by atoms with van der Waals surface area (Å²) in [6, 6.07) is 4.83. The number of benzene rings is 1. The van der Waals surface area contributed by atoms with Gasteiger partial charge < -0.3 is 15.2 Å². The van der Waals surface area contributed by atoms with Gasteiger partial charge in [0.1, 0.15) is 17.1 Å². The third kappa shape index (κ3) is 3.79. The third-order valence-electron chi connectivity index (χ3n) is 3.14. The normalized spacial score (nSPS) is 21.0. The van der Waals surface area contributed by atoms with Gasteiger partial charge in [0.15, 0.2) is 0 Å². The number of nitrogens with two attached hydrogens (primary N) is 1. The molecule has 1 aliphatic rings. The second-order valence-electron chi connectivity index (χ2n) is 5.59. The fourth-order valence-electron chi connectivity index (χ4n) is 2.26. The molecule has 1 unspecified atom stereocenters. The summed E-state index contributed by atoms with van der Waals surface area (Å²) in [5.41, 5.74) is 6.52. The van der Waals surface area contributed by atoms with Crippen molar-refractivity contribution in [1.82, 2.24) is 0 Å². The van der Waals surface area contributed by atoms with Gasteiger partial charge in [-0.15, -0.1) is 0 Å². The number of fused-ring (bicyclic) bond motifs is 1. The number of ether oxygens (including phenoxy) is 2. The van der Waals surface area contributed by atoms with Crippen LogP contribution in [0.4, 0.5) is 13.2 Å². The molecule has 0 fully saturated rings. The first kappa shape index (κ1) is 15.0. The Labute approximate surface area is 115 Å². The van der Waals surface area contributed by atoms with Crippen LogP contribution in [0.3, 0.4) is 0 Å². The zero-order valence-corrected chi connectivity index (χ0v) is 11.5. The van der Waals surface area contributed by atoms with Crippen molar-refractivity contribution in [2.24, 2.45) is 5.73 Å². The van der Waals surface area contributed by atoms with Crippen LogP contribution in [0, 0.1) is 0 Å². The van der Waals surface area contributed by atoms with E-state index >= 15 is 0 Å². The van der Waals surface area contributed by atoms with Gasteiger partial charge in [-0.2, -0.15) is 13.2 Å². The molecule has 2 N–H and O–H groups in total. The lowest BCUT2D eigenvalue weighted by molar-refractivity contribution is -0.139. The van der Waals surface area contributed by atoms with Crippen LogP contribution in [0.1, 0.15) is 38.3 Å². The number of hydrogen-bond acceptors (Lipinski definition) is 3. The molecular formula is C14H18F3NO2. The minimum Gasteiger partial charge on any atom is -0.493 e. The number of hydrogen-bond donors (Lipinski definition) is 1. The van der Waals surface area contributed by atoms with Crippen LogP contribution in [0.2, 0.25) is 0 Å². The minimum atomic E-state index is -4.21. The molecule has 112 valence electrons. The maximum absolute atomic E-state index is 12.1. The van der Waals surface area contributed by atoms with Gasteiger partial charge in [0.2, 0.25) is 0 Å². The molecule has 0 amide bonds. The monoisotopic (exact) mass is 289 g/mol. The molecule has 1 aliphatic heterocycles. The average Bonchev–Trinajstić information content (AvgIpc) is 2.24. The predicted molar refractivity (Wildman–Crippen MR) is 68.9 cm³/mol. The fraction of sp³-hybridized carbons (Fsp3) is 0.571. The highest BCUT2D eigenvalue weighted by atomic mass is 19.4. The molecule has 0 aromatic heterocycles. The Morgan fingerprint density at radius 2 is 2.10 bits per heavy atom. The molecule has 1 atom stereocenters. The van der Waals surface area contributed by atoms with Gasteiger partial charge in [0, 0.05) is 24.1 Å². The zero-order valence-electron chi connectivity index (χ0n) is 11.5.